The van der Waals surface area contributed by atoms with Gasteiger partial charge in [-0.1, -0.05) is 85.7 Å². The highest BCUT2D eigenvalue weighted by atomic mass is 32.1. The number of thiophene rings is 2. The van der Waals surface area contributed by atoms with Crippen molar-refractivity contribution in [3.05, 3.63) is 185 Å². The maximum absolute atomic E-state index is 13.9. The van der Waals surface area contributed by atoms with Crippen LogP contribution in [0.3, 0.4) is 0 Å². The summed E-state index contributed by atoms with van der Waals surface area (Å²) in [5.74, 6) is 1.25. The maximum Gasteiger partial charge on any atom is 0.197 e. The van der Waals surface area contributed by atoms with Crippen LogP contribution in [0.15, 0.2) is 143 Å². The van der Waals surface area contributed by atoms with Crippen LogP contribution in [0, 0.1) is 23.7 Å². The van der Waals surface area contributed by atoms with Gasteiger partial charge in [0.15, 0.2) is 23.1 Å². The number of allylic oxidation sites excluding steroid dienone is 16. The largest absolute Gasteiger partial charge is 0.482 e. The van der Waals surface area contributed by atoms with Crippen LogP contribution in [-0.2, 0) is 30.3 Å². The molecule has 14 rings (SSSR count). The zero-order valence-corrected chi connectivity index (χ0v) is 37.8. The first-order valence-corrected chi connectivity index (χ1v) is 25.4. The number of hydrogen-bond acceptors (Lipinski definition) is 8. The summed E-state index contributed by atoms with van der Waals surface area (Å²) in [5, 5.41) is 1.90. The molecule has 8 aliphatic carbocycles. The molecular weight excluding hydrogens is 857 g/mol. The second-order valence-corrected chi connectivity index (χ2v) is 21.9. The summed E-state index contributed by atoms with van der Waals surface area (Å²) >= 11 is 3.32. The third-order valence-electron chi connectivity index (χ3n) is 15.9. The van der Waals surface area contributed by atoms with Crippen molar-refractivity contribution >= 4 is 79.9 Å². The van der Waals surface area contributed by atoms with Gasteiger partial charge in [-0.2, -0.15) is 0 Å². The first-order chi connectivity index (χ1) is 32.2. The second-order valence-electron chi connectivity index (χ2n) is 19.7. The number of hydrogen-bond donors (Lipinski definition) is 0. The van der Waals surface area contributed by atoms with Gasteiger partial charge in [0.25, 0.3) is 0 Å². The summed E-state index contributed by atoms with van der Waals surface area (Å²) in [6, 6.07) is 16.0. The van der Waals surface area contributed by atoms with Gasteiger partial charge in [0, 0.05) is 87.7 Å². The normalized spacial score (nSPS) is 26.8. The smallest absolute Gasteiger partial charge is 0.197 e. The van der Waals surface area contributed by atoms with Crippen LogP contribution in [0.5, 0.6) is 0 Å². The highest BCUT2D eigenvalue weighted by molar-refractivity contribution is 7.14. The number of fused-ring (bicyclic) bond motifs is 13. The molecule has 0 N–H and O–H groups in total. The number of carbonyl (C=O) groups is 4. The topological polar surface area (TPSA) is 86.7 Å². The average molecular weight is 901 g/mol. The van der Waals surface area contributed by atoms with Crippen LogP contribution in [0.1, 0.15) is 116 Å². The Morgan fingerprint density at radius 3 is 1.36 bits per heavy atom. The van der Waals surface area contributed by atoms with Crippen molar-refractivity contribution in [3.63, 3.8) is 0 Å². The SMILES string of the molecule is O=C1C(=Cc2cc3c(s2)C2=CC4C=C5OC6(CCCCC6)c6cc(C=C7C(=O)c8cc9ccccc9cc8C7=O)sc6C5=CC4C=C2OC32CCCCC2)C(=O)C2=CC3C=CC=CC3C=C12. The first-order valence-electron chi connectivity index (χ1n) is 23.7. The molecule has 10 aliphatic rings. The Hall–Kier alpha value is -6.22. The number of ketones is 4. The van der Waals surface area contributed by atoms with Crippen LogP contribution < -0.4 is 0 Å². The zero-order chi connectivity index (χ0) is 44.1. The van der Waals surface area contributed by atoms with Gasteiger partial charge in [-0.3, -0.25) is 19.2 Å². The molecule has 4 atom stereocenters. The number of benzene rings is 2. The molecule has 0 radical (unpaired) electrons. The van der Waals surface area contributed by atoms with Crippen molar-refractivity contribution in [1.29, 1.82) is 0 Å². The lowest BCUT2D eigenvalue weighted by atomic mass is 9.72. The Balaban J connectivity index is 0.836. The molecule has 8 heteroatoms. The number of ether oxygens (including phenoxy) is 2. The zero-order valence-electron chi connectivity index (χ0n) is 36.2. The highest BCUT2D eigenvalue weighted by Crippen LogP contribution is 2.59. The molecule has 2 aromatic carbocycles. The van der Waals surface area contributed by atoms with E-state index < -0.39 is 11.2 Å². The molecule has 66 heavy (non-hydrogen) atoms. The predicted octanol–water partition coefficient (Wildman–Crippen LogP) is 13.1. The highest BCUT2D eigenvalue weighted by Gasteiger charge is 2.49. The van der Waals surface area contributed by atoms with E-state index >= 15 is 0 Å². The van der Waals surface area contributed by atoms with E-state index in [0.29, 0.717) is 22.3 Å². The van der Waals surface area contributed by atoms with Crippen LogP contribution in [0.2, 0.25) is 0 Å². The van der Waals surface area contributed by atoms with Gasteiger partial charge < -0.3 is 9.47 Å². The van der Waals surface area contributed by atoms with E-state index in [2.05, 4.69) is 48.6 Å². The Bertz CT molecular complexity index is 3200. The van der Waals surface area contributed by atoms with Crippen molar-refractivity contribution in [3.8, 4) is 0 Å². The third kappa shape index (κ3) is 5.64. The lowest BCUT2D eigenvalue weighted by Crippen LogP contribution is -2.37. The van der Waals surface area contributed by atoms with Crippen LogP contribution >= 0.6 is 22.7 Å². The molecule has 2 aromatic heterocycles. The summed E-state index contributed by atoms with van der Waals surface area (Å²) in [7, 11) is 0. The molecule has 3 fully saturated rings. The van der Waals surface area contributed by atoms with E-state index in [9.17, 15) is 19.2 Å². The molecule has 324 valence electrons. The van der Waals surface area contributed by atoms with Gasteiger partial charge in [0.1, 0.15) is 22.7 Å². The Morgan fingerprint density at radius 1 is 0.485 bits per heavy atom. The minimum atomic E-state index is -0.473. The minimum absolute atomic E-state index is 0.0284. The standard InChI is InChI=1S/C58H44O6S2/c59-51-39-19-31-11-3-4-12-32(31)20-40(39)52(60)45(51)27-37-29-47-55(65-37)43-23-36-26-50-44(24-35(36)25-49(43)63-57(47)15-7-1-8-16-57)56-48(58(64-50)17-9-2-10-18-58)30-38(66-56)28-46-53(61)41-21-33-13-5-6-14-34(33)22-42(41)54(46)62/h3-6,11-14,19-32,35-36H,1-2,7-10,15-18H2. The summed E-state index contributed by atoms with van der Waals surface area (Å²) in [5.41, 5.74) is 6.04. The fraction of sp³-hybridized carbons (Fsp3) is 0.276. The number of Topliss-reactive ketones (excluding diaryl/α,β-unsaturated/α-hetero) is 4. The number of carbonyl (C=O) groups excluding carboxylic acids is 4. The van der Waals surface area contributed by atoms with Crippen LogP contribution in [0.25, 0.3) is 34.1 Å². The van der Waals surface area contributed by atoms with Gasteiger partial charge in [-0.15, -0.1) is 22.7 Å². The summed E-state index contributed by atoms with van der Waals surface area (Å²) in [6.07, 6.45) is 35.4. The fourth-order valence-electron chi connectivity index (χ4n) is 12.6. The Morgan fingerprint density at radius 2 is 0.909 bits per heavy atom. The molecule has 6 nitrogen and oxygen atoms in total. The molecule has 4 unspecified atom stereocenters. The van der Waals surface area contributed by atoms with E-state index in [1.807, 2.05) is 72.9 Å². The van der Waals surface area contributed by atoms with Crippen molar-refractivity contribution in [2.45, 2.75) is 75.4 Å². The molecule has 4 heterocycles. The molecule has 0 amide bonds. The molecule has 0 saturated heterocycles. The number of rotatable bonds is 2. The second kappa shape index (κ2) is 14.1. The maximum atomic E-state index is 13.9. The third-order valence-corrected chi connectivity index (χ3v) is 18.2. The van der Waals surface area contributed by atoms with Crippen molar-refractivity contribution < 1.29 is 28.7 Å². The summed E-state index contributed by atoms with van der Waals surface area (Å²) in [6.45, 7) is 0. The monoisotopic (exact) mass is 900 g/mol. The average Bonchev–Trinajstić information content (AvgIpc) is 4.09. The molecular formula is C58H44O6S2. The molecule has 2 spiro atoms. The van der Waals surface area contributed by atoms with Gasteiger partial charge in [-0.25, -0.2) is 0 Å². The van der Waals surface area contributed by atoms with E-state index in [1.54, 1.807) is 22.7 Å². The van der Waals surface area contributed by atoms with E-state index in [-0.39, 0.29) is 58.0 Å². The van der Waals surface area contributed by atoms with E-state index in [1.165, 1.54) is 28.8 Å². The lowest BCUT2D eigenvalue weighted by molar-refractivity contribution is -0.115. The van der Waals surface area contributed by atoms with Crippen molar-refractivity contribution in [1.82, 2.24) is 0 Å². The summed E-state index contributed by atoms with van der Waals surface area (Å²) < 4.78 is 14.5. The van der Waals surface area contributed by atoms with Crippen LogP contribution in [-0.4, -0.2) is 23.1 Å². The van der Waals surface area contributed by atoms with E-state index in [4.69, 9.17) is 9.47 Å². The quantitative estimate of drug-likeness (QED) is 0.147. The molecule has 3 saturated carbocycles. The van der Waals surface area contributed by atoms with Crippen molar-refractivity contribution in [2.24, 2.45) is 23.7 Å². The van der Waals surface area contributed by atoms with Gasteiger partial charge in [0.05, 0.1) is 11.1 Å². The predicted molar refractivity (Wildman–Crippen MR) is 259 cm³/mol. The molecule has 0 bridgehead atoms. The molecule has 4 aromatic rings. The first kappa shape index (κ1) is 39.0. The Kier molecular flexibility index (Phi) is 8.36. The van der Waals surface area contributed by atoms with Crippen molar-refractivity contribution in [2.75, 3.05) is 0 Å². The lowest BCUT2D eigenvalue weighted by Gasteiger charge is -2.46. The Labute approximate surface area is 390 Å². The minimum Gasteiger partial charge on any atom is -0.482 e. The van der Waals surface area contributed by atoms with Crippen LogP contribution in [0.4, 0.5) is 0 Å². The fourth-order valence-corrected chi connectivity index (χ4v) is 15.1. The molecule has 2 aliphatic heterocycles. The van der Waals surface area contributed by atoms with E-state index in [0.717, 1.165) is 99.4 Å². The van der Waals surface area contributed by atoms with Gasteiger partial charge in [-0.05, 0) is 111 Å². The van der Waals surface area contributed by atoms with Gasteiger partial charge >= 0.3 is 0 Å². The summed E-state index contributed by atoms with van der Waals surface area (Å²) in [4.78, 5) is 59.7. The van der Waals surface area contributed by atoms with Gasteiger partial charge in [0.2, 0.25) is 0 Å².